The van der Waals surface area contributed by atoms with Crippen LogP contribution in [0, 0.1) is 5.92 Å². The minimum absolute atomic E-state index is 0.00247. The summed E-state index contributed by atoms with van der Waals surface area (Å²) < 4.78 is 1.25. The summed E-state index contributed by atoms with van der Waals surface area (Å²) in [6.45, 7) is 3.20. The molecule has 0 atom stereocenters. The van der Waals surface area contributed by atoms with Gasteiger partial charge >= 0.3 is 0 Å². The van der Waals surface area contributed by atoms with Gasteiger partial charge in [-0.15, -0.1) is 5.10 Å². The number of hydrogen-bond acceptors (Lipinski definition) is 6. The fourth-order valence-electron chi connectivity index (χ4n) is 5.07. The zero-order valence-electron chi connectivity index (χ0n) is 19.0. The molecule has 2 aliphatic heterocycles. The van der Waals surface area contributed by atoms with Crippen molar-refractivity contribution in [3.05, 3.63) is 64.4 Å². The Kier molecular flexibility index (Phi) is 6.10. The molecule has 1 aromatic heterocycles. The third-order valence-corrected chi connectivity index (χ3v) is 7.13. The summed E-state index contributed by atoms with van der Waals surface area (Å²) in [5, 5.41) is 8.65. The molecule has 0 radical (unpaired) electrons. The van der Waals surface area contributed by atoms with E-state index in [1.807, 2.05) is 11.0 Å². The predicted molar refractivity (Wildman–Crippen MR) is 128 cm³/mol. The quantitative estimate of drug-likeness (QED) is 0.632. The number of benzene rings is 2. The van der Waals surface area contributed by atoms with Crippen molar-refractivity contribution < 1.29 is 9.59 Å². The second-order valence-electron chi connectivity index (χ2n) is 9.11. The molecule has 9 heteroatoms. The molecule has 2 N–H and O–H groups in total. The highest BCUT2D eigenvalue weighted by Crippen LogP contribution is 2.24. The summed E-state index contributed by atoms with van der Waals surface area (Å²) in [6, 6.07) is 14.5. The Labute approximate surface area is 197 Å². The van der Waals surface area contributed by atoms with Crippen molar-refractivity contribution in [3.63, 3.8) is 0 Å². The van der Waals surface area contributed by atoms with Gasteiger partial charge in [-0.05, 0) is 75.2 Å². The van der Waals surface area contributed by atoms with Gasteiger partial charge in [0.1, 0.15) is 5.52 Å². The number of primary amides is 1. The Morgan fingerprint density at radius 2 is 1.56 bits per heavy atom. The van der Waals surface area contributed by atoms with E-state index < -0.39 is 0 Å². The van der Waals surface area contributed by atoms with Gasteiger partial charge in [0.25, 0.3) is 11.5 Å². The number of rotatable bonds is 4. The van der Waals surface area contributed by atoms with Gasteiger partial charge in [0, 0.05) is 30.6 Å². The fraction of sp³-hybridized carbons (Fsp3) is 0.400. The van der Waals surface area contributed by atoms with Crippen molar-refractivity contribution in [1.29, 1.82) is 0 Å². The molecule has 2 aromatic carbocycles. The molecule has 0 bridgehead atoms. The monoisotopic (exact) mass is 460 g/mol. The highest BCUT2D eigenvalue weighted by Gasteiger charge is 2.31. The lowest BCUT2D eigenvalue weighted by molar-refractivity contribution is -0.123. The summed E-state index contributed by atoms with van der Waals surface area (Å²) in [4.78, 5) is 41.6. The Morgan fingerprint density at radius 3 is 2.24 bits per heavy atom. The van der Waals surface area contributed by atoms with Crippen LogP contribution in [0.2, 0.25) is 0 Å². The van der Waals surface area contributed by atoms with Crippen molar-refractivity contribution in [2.75, 3.05) is 26.2 Å². The summed E-state index contributed by atoms with van der Waals surface area (Å²) in [5.41, 5.74) is 6.91. The normalized spacial score (nSPS) is 18.3. The average molecular weight is 461 g/mol. The van der Waals surface area contributed by atoms with Gasteiger partial charge in [-0.1, -0.05) is 17.3 Å². The van der Waals surface area contributed by atoms with Gasteiger partial charge < -0.3 is 15.5 Å². The Balaban J connectivity index is 1.21. The highest BCUT2D eigenvalue weighted by molar-refractivity contribution is 5.94. The van der Waals surface area contributed by atoms with Crippen LogP contribution < -0.4 is 11.3 Å². The number of likely N-dealkylation sites (tertiary alicyclic amines) is 2. The van der Waals surface area contributed by atoms with Crippen LogP contribution in [0.3, 0.4) is 0 Å². The van der Waals surface area contributed by atoms with Gasteiger partial charge in [-0.2, -0.15) is 4.68 Å². The van der Waals surface area contributed by atoms with Crippen molar-refractivity contribution in [1.82, 2.24) is 24.8 Å². The zero-order chi connectivity index (χ0) is 23.7. The molecule has 3 aromatic rings. The highest BCUT2D eigenvalue weighted by atomic mass is 16.2. The number of fused-ring (bicyclic) bond motifs is 1. The Morgan fingerprint density at radius 1 is 0.882 bits per heavy atom. The maximum absolute atomic E-state index is 13.1. The lowest BCUT2D eigenvalue weighted by atomic mass is 9.93. The van der Waals surface area contributed by atoms with Crippen molar-refractivity contribution in [2.45, 2.75) is 31.7 Å². The molecule has 176 valence electrons. The number of carbonyl (C=O) groups is 2. The molecular weight excluding hydrogens is 432 g/mol. The smallest absolute Gasteiger partial charge is 0.282 e. The van der Waals surface area contributed by atoms with Crippen LogP contribution >= 0.6 is 0 Å². The van der Waals surface area contributed by atoms with Gasteiger partial charge in [-0.3, -0.25) is 14.4 Å². The number of aromatic nitrogens is 3. The molecule has 2 saturated heterocycles. The lowest BCUT2D eigenvalue weighted by Crippen LogP contribution is -2.49. The zero-order valence-corrected chi connectivity index (χ0v) is 19.0. The maximum Gasteiger partial charge on any atom is 0.282 e. The molecule has 0 unspecified atom stereocenters. The SMILES string of the molecule is NC(=O)C1CCN(C2CCN(C(=O)c3ccc(-n4nnc5ccccc5c4=O)cc3)CC2)CC1. The van der Waals surface area contributed by atoms with E-state index in [0.29, 0.717) is 41.3 Å². The maximum atomic E-state index is 13.1. The van der Waals surface area contributed by atoms with Gasteiger partial charge in [0.05, 0.1) is 11.1 Å². The van der Waals surface area contributed by atoms with Crippen LogP contribution in [0.4, 0.5) is 0 Å². The fourth-order valence-corrected chi connectivity index (χ4v) is 5.07. The molecule has 2 fully saturated rings. The van der Waals surface area contributed by atoms with Crippen LogP contribution in [0.5, 0.6) is 0 Å². The average Bonchev–Trinajstić information content (AvgIpc) is 2.89. The third kappa shape index (κ3) is 4.31. The molecule has 2 amide bonds. The minimum atomic E-state index is -0.244. The van der Waals surface area contributed by atoms with E-state index in [2.05, 4.69) is 15.2 Å². The lowest BCUT2D eigenvalue weighted by Gasteiger charge is -2.41. The van der Waals surface area contributed by atoms with Crippen LogP contribution in [0.25, 0.3) is 16.6 Å². The minimum Gasteiger partial charge on any atom is -0.369 e. The first-order valence-electron chi connectivity index (χ1n) is 11.8. The van der Waals surface area contributed by atoms with Crippen LogP contribution in [-0.2, 0) is 4.79 Å². The van der Waals surface area contributed by atoms with Gasteiger partial charge in [0.15, 0.2) is 0 Å². The van der Waals surface area contributed by atoms with Crippen LogP contribution in [0.15, 0.2) is 53.3 Å². The van der Waals surface area contributed by atoms with Crippen molar-refractivity contribution in [3.8, 4) is 5.69 Å². The van der Waals surface area contributed by atoms with Crippen molar-refractivity contribution in [2.24, 2.45) is 11.7 Å². The molecule has 3 heterocycles. The van der Waals surface area contributed by atoms with Gasteiger partial charge in [-0.25, -0.2) is 0 Å². The van der Waals surface area contributed by atoms with Crippen molar-refractivity contribution >= 4 is 22.7 Å². The first-order valence-corrected chi connectivity index (χ1v) is 11.8. The molecular formula is C25H28N6O3. The molecule has 0 aliphatic carbocycles. The number of piperidine rings is 2. The largest absolute Gasteiger partial charge is 0.369 e. The van der Waals surface area contributed by atoms with Crippen LogP contribution in [-0.4, -0.2) is 68.8 Å². The van der Waals surface area contributed by atoms with E-state index in [-0.39, 0.29) is 23.3 Å². The van der Waals surface area contributed by atoms with Gasteiger partial charge in [0.2, 0.25) is 5.91 Å². The Bertz CT molecular complexity index is 1260. The second kappa shape index (κ2) is 9.34. The first-order chi connectivity index (χ1) is 16.5. The second-order valence-corrected chi connectivity index (χ2v) is 9.11. The van der Waals surface area contributed by atoms with Crippen LogP contribution in [0.1, 0.15) is 36.0 Å². The number of amides is 2. The molecule has 0 saturated carbocycles. The van der Waals surface area contributed by atoms with E-state index in [4.69, 9.17) is 5.73 Å². The van der Waals surface area contributed by atoms with E-state index in [1.54, 1.807) is 42.5 Å². The molecule has 34 heavy (non-hydrogen) atoms. The number of hydrogen-bond donors (Lipinski definition) is 1. The molecule has 0 spiro atoms. The molecule has 5 rings (SSSR count). The summed E-state index contributed by atoms with van der Waals surface area (Å²) >= 11 is 0. The van der Waals surface area contributed by atoms with E-state index in [0.717, 1.165) is 38.8 Å². The number of carbonyl (C=O) groups excluding carboxylic acids is 2. The predicted octanol–water partition coefficient (Wildman–Crippen LogP) is 1.58. The third-order valence-electron chi connectivity index (χ3n) is 7.13. The standard InChI is InChI=1S/C25H28N6O3/c26-23(32)17-9-13-29(14-10-17)19-11-15-30(16-12-19)24(33)18-5-7-20(8-6-18)31-25(34)21-3-1-2-4-22(21)27-28-31/h1-8,17,19H,9-16H2,(H2,26,32). The summed E-state index contributed by atoms with van der Waals surface area (Å²) in [5.74, 6) is -0.199. The van der Waals surface area contributed by atoms with E-state index >= 15 is 0 Å². The number of nitrogens with zero attached hydrogens (tertiary/aromatic N) is 5. The summed E-state index contributed by atoms with van der Waals surface area (Å²) in [7, 11) is 0. The summed E-state index contributed by atoms with van der Waals surface area (Å²) in [6.07, 6.45) is 3.50. The first kappa shape index (κ1) is 22.2. The number of nitrogens with two attached hydrogens (primary N) is 1. The molecule has 9 nitrogen and oxygen atoms in total. The Hall–Kier alpha value is -3.59. The molecule has 2 aliphatic rings. The van der Waals surface area contributed by atoms with E-state index in [9.17, 15) is 14.4 Å². The topological polar surface area (TPSA) is 114 Å². The van der Waals surface area contributed by atoms with E-state index in [1.165, 1.54) is 4.68 Å².